The number of nitrogens with one attached hydrogen (secondary N) is 1. The molecule has 0 unspecified atom stereocenters. The van der Waals surface area contributed by atoms with Gasteiger partial charge in [-0.25, -0.2) is 4.79 Å². The van der Waals surface area contributed by atoms with Gasteiger partial charge in [-0.15, -0.1) is 0 Å². The molecular weight excluding hydrogens is 246 g/mol. The molecule has 1 aromatic rings. The zero-order valence-electron chi connectivity index (χ0n) is 11.7. The van der Waals surface area contributed by atoms with E-state index in [9.17, 15) is 4.79 Å². The first-order chi connectivity index (χ1) is 9.21. The van der Waals surface area contributed by atoms with E-state index in [0.717, 1.165) is 25.1 Å². The maximum atomic E-state index is 11.1. The van der Waals surface area contributed by atoms with Crippen LogP contribution in [0.4, 0.5) is 0 Å². The lowest BCUT2D eigenvalue weighted by molar-refractivity contribution is -0.142. The molecule has 5 heteroatoms. The van der Waals surface area contributed by atoms with Gasteiger partial charge in [-0.2, -0.15) is 0 Å². The summed E-state index contributed by atoms with van der Waals surface area (Å²) >= 11 is 0. The van der Waals surface area contributed by atoms with Gasteiger partial charge in [0.25, 0.3) is 0 Å². The molecule has 106 valence electrons. The van der Waals surface area contributed by atoms with Crippen molar-refractivity contribution in [1.82, 2.24) is 5.32 Å². The van der Waals surface area contributed by atoms with Crippen molar-refractivity contribution in [2.24, 2.45) is 0 Å². The van der Waals surface area contributed by atoms with Crippen LogP contribution in [0.1, 0.15) is 18.9 Å². The van der Waals surface area contributed by atoms with E-state index in [0.29, 0.717) is 11.5 Å². The molecule has 0 saturated heterocycles. The van der Waals surface area contributed by atoms with Crippen molar-refractivity contribution >= 4 is 5.97 Å². The summed E-state index contributed by atoms with van der Waals surface area (Å²) in [7, 11) is 2.89. The first-order valence-corrected chi connectivity index (χ1v) is 6.28. The Hall–Kier alpha value is -1.75. The van der Waals surface area contributed by atoms with Crippen molar-refractivity contribution in [1.29, 1.82) is 0 Å². The first-order valence-electron chi connectivity index (χ1n) is 6.28. The summed E-state index contributed by atoms with van der Waals surface area (Å²) in [5.41, 5.74) is 1.08. The van der Waals surface area contributed by atoms with Crippen molar-refractivity contribution in [3.8, 4) is 11.5 Å². The number of esters is 1. The van der Waals surface area contributed by atoms with Crippen LogP contribution in [-0.2, 0) is 16.1 Å². The van der Waals surface area contributed by atoms with Gasteiger partial charge in [0, 0.05) is 6.54 Å². The Morgan fingerprint density at radius 1 is 1.26 bits per heavy atom. The summed E-state index contributed by atoms with van der Waals surface area (Å²) in [6, 6.07) is 5.66. The van der Waals surface area contributed by atoms with Gasteiger partial charge in [0.05, 0.1) is 14.2 Å². The van der Waals surface area contributed by atoms with Gasteiger partial charge >= 0.3 is 5.97 Å². The third-order valence-corrected chi connectivity index (χ3v) is 2.56. The fourth-order valence-corrected chi connectivity index (χ4v) is 1.55. The monoisotopic (exact) mass is 267 g/mol. The topological polar surface area (TPSA) is 56.8 Å². The standard InChI is InChI=1S/C14H21NO4/c1-4-7-15-9-11-5-6-12(17-2)13(8-11)19-10-14(16)18-3/h5-6,8,15H,4,7,9-10H2,1-3H3. The summed E-state index contributed by atoms with van der Waals surface area (Å²) in [6.45, 7) is 3.71. The van der Waals surface area contributed by atoms with Crippen LogP contribution in [0, 0.1) is 0 Å². The molecule has 0 spiro atoms. The van der Waals surface area contributed by atoms with E-state index in [1.54, 1.807) is 7.11 Å². The minimum Gasteiger partial charge on any atom is -0.493 e. The summed E-state index contributed by atoms with van der Waals surface area (Å²) in [5, 5.41) is 3.30. The van der Waals surface area contributed by atoms with Gasteiger partial charge in [0.2, 0.25) is 0 Å². The number of hydrogen-bond donors (Lipinski definition) is 1. The summed E-state index contributed by atoms with van der Waals surface area (Å²) in [6.07, 6.45) is 1.09. The molecule has 0 amide bonds. The highest BCUT2D eigenvalue weighted by atomic mass is 16.6. The maximum Gasteiger partial charge on any atom is 0.343 e. The Morgan fingerprint density at radius 3 is 2.68 bits per heavy atom. The number of carbonyl (C=O) groups is 1. The number of hydrogen-bond acceptors (Lipinski definition) is 5. The fraction of sp³-hybridized carbons (Fsp3) is 0.500. The van der Waals surface area contributed by atoms with E-state index >= 15 is 0 Å². The summed E-state index contributed by atoms with van der Waals surface area (Å²) in [4.78, 5) is 11.1. The Bertz CT molecular complexity index is 406. The van der Waals surface area contributed by atoms with Crippen molar-refractivity contribution in [2.75, 3.05) is 27.4 Å². The number of carbonyl (C=O) groups excluding carboxylic acids is 1. The molecule has 5 nitrogen and oxygen atoms in total. The number of ether oxygens (including phenoxy) is 3. The van der Waals surface area contributed by atoms with E-state index in [1.807, 2.05) is 18.2 Å². The van der Waals surface area contributed by atoms with Crippen LogP contribution >= 0.6 is 0 Å². The quantitative estimate of drug-likeness (QED) is 0.574. The normalized spacial score (nSPS) is 10.1. The van der Waals surface area contributed by atoms with Crippen LogP contribution < -0.4 is 14.8 Å². The van der Waals surface area contributed by atoms with Crippen LogP contribution in [0.3, 0.4) is 0 Å². The van der Waals surface area contributed by atoms with Gasteiger partial charge < -0.3 is 19.5 Å². The SMILES string of the molecule is CCCNCc1ccc(OC)c(OCC(=O)OC)c1. The van der Waals surface area contributed by atoms with Crippen LogP contribution in [-0.4, -0.2) is 33.3 Å². The van der Waals surface area contributed by atoms with Crippen molar-refractivity contribution < 1.29 is 19.0 Å². The van der Waals surface area contributed by atoms with E-state index in [1.165, 1.54) is 7.11 Å². The Morgan fingerprint density at radius 2 is 2.05 bits per heavy atom. The second-order valence-electron chi connectivity index (χ2n) is 4.03. The molecule has 0 saturated carbocycles. The second-order valence-corrected chi connectivity index (χ2v) is 4.03. The molecule has 19 heavy (non-hydrogen) atoms. The molecule has 0 heterocycles. The molecule has 0 fully saturated rings. The lowest BCUT2D eigenvalue weighted by Crippen LogP contribution is -2.15. The van der Waals surface area contributed by atoms with Crippen LogP contribution in [0.5, 0.6) is 11.5 Å². The molecule has 1 N–H and O–H groups in total. The van der Waals surface area contributed by atoms with Gasteiger partial charge in [-0.05, 0) is 30.7 Å². The Kier molecular flexibility index (Phi) is 6.74. The molecule has 0 aliphatic rings. The maximum absolute atomic E-state index is 11.1. The Balaban J connectivity index is 2.69. The molecule has 0 aliphatic carbocycles. The zero-order valence-corrected chi connectivity index (χ0v) is 11.7. The van der Waals surface area contributed by atoms with E-state index in [2.05, 4.69) is 17.0 Å². The lowest BCUT2D eigenvalue weighted by atomic mass is 10.2. The van der Waals surface area contributed by atoms with Gasteiger partial charge in [-0.3, -0.25) is 0 Å². The molecule has 0 atom stereocenters. The van der Waals surface area contributed by atoms with E-state index in [-0.39, 0.29) is 6.61 Å². The summed E-state index contributed by atoms with van der Waals surface area (Å²) < 4.78 is 15.1. The van der Waals surface area contributed by atoms with Crippen molar-refractivity contribution in [2.45, 2.75) is 19.9 Å². The zero-order chi connectivity index (χ0) is 14.1. The molecule has 1 aromatic carbocycles. The van der Waals surface area contributed by atoms with Crippen LogP contribution in [0.2, 0.25) is 0 Å². The van der Waals surface area contributed by atoms with E-state index in [4.69, 9.17) is 9.47 Å². The highest BCUT2D eigenvalue weighted by molar-refractivity contribution is 5.71. The highest BCUT2D eigenvalue weighted by Crippen LogP contribution is 2.28. The van der Waals surface area contributed by atoms with Gasteiger partial charge in [-0.1, -0.05) is 13.0 Å². The smallest absolute Gasteiger partial charge is 0.343 e. The first kappa shape index (κ1) is 15.3. The largest absolute Gasteiger partial charge is 0.493 e. The molecular formula is C14H21NO4. The van der Waals surface area contributed by atoms with Crippen LogP contribution in [0.25, 0.3) is 0 Å². The molecule has 0 aromatic heterocycles. The third kappa shape index (κ3) is 5.18. The molecule has 0 radical (unpaired) electrons. The minimum atomic E-state index is -0.420. The third-order valence-electron chi connectivity index (χ3n) is 2.56. The number of rotatable bonds is 8. The summed E-state index contributed by atoms with van der Waals surface area (Å²) in [5.74, 6) is 0.725. The van der Waals surface area contributed by atoms with Gasteiger partial charge in [0.1, 0.15) is 0 Å². The minimum absolute atomic E-state index is 0.126. The van der Waals surface area contributed by atoms with Crippen molar-refractivity contribution in [3.63, 3.8) is 0 Å². The number of benzene rings is 1. The highest BCUT2D eigenvalue weighted by Gasteiger charge is 2.08. The Labute approximate surface area is 113 Å². The predicted molar refractivity (Wildman–Crippen MR) is 72.5 cm³/mol. The van der Waals surface area contributed by atoms with Crippen LogP contribution in [0.15, 0.2) is 18.2 Å². The second kappa shape index (κ2) is 8.37. The average Bonchev–Trinajstić information content (AvgIpc) is 2.45. The van der Waals surface area contributed by atoms with Gasteiger partial charge in [0.15, 0.2) is 18.1 Å². The van der Waals surface area contributed by atoms with E-state index < -0.39 is 5.97 Å². The fourth-order valence-electron chi connectivity index (χ4n) is 1.55. The molecule has 0 aliphatic heterocycles. The molecule has 0 bridgehead atoms. The lowest BCUT2D eigenvalue weighted by Gasteiger charge is -2.12. The van der Waals surface area contributed by atoms with Crippen molar-refractivity contribution in [3.05, 3.63) is 23.8 Å². The average molecular weight is 267 g/mol. The predicted octanol–water partition coefficient (Wildman–Crippen LogP) is 1.75. The molecule has 1 rings (SSSR count). The number of methoxy groups -OCH3 is 2.